The van der Waals surface area contributed by atoms with Gasteiger partial charge in [-0.05, 0) is 5.56 Å². The molecule has 8 nitrogen and oxygen atoms in total. The van der Waals surface area contributed by atoms with Gasteiger partial charge in [-0.3, -0.25) is 15.0 Å². The first-order valence-corrected chi connectivity index (χ1v) is 11.1. The number of nitro groups is 1. The lowest BCUT2D eigenvalue weighted by molar-refractivity contribution is -0.383. The van der Waals surface area contributed by atoms with Crippen molar-refractivity contribution in [2.75, 3.05) is 37.8 Å². The van der Waals surface area contributed by atoms with Crippen LogP contribution in [0.5, 0.6) is 0 Å². The van der Waals surface area contributed by atoms with E-state index < -0.39 is 14.8 Å². The van der Waals surface area contributed by atoms with Crippen molar-refractivity contribution in [3.8, 4) is 0 Å². The van der Waals surface area contributed by atoms with Gasteiger partial charge in [-0.25, -0.2) is 8.42 Å². The van der Waals surface area contributed by atoms with Gasteiger partial charge < -0.3 is 10.1 Å². The van der Waals surface area contributed by atoms with Gasteiger partial charge in [0.2, 0.25) is 0 Å². The first-order valence-electron chi connectivity index (χ1n) is 8.43. The molecule has 1 aliphatic heterocycles. The largest absolute Gasteiger partial charge is 0.374 e. The summed E-state index contributed by atoms with van der Waals surface area (Å²) in [6, 6.07) is 11.2. The van der Waals surface area contributed by atoms with Crippen molar-refractivity contribution in [1.29, 1.82) is 0 Å². The number of sulfone groups is 1. The fourth-order valence-electron chi connectivity index (χ4n) is 2.90. The lowest BCUT2D eigenvalue weighted by atomic mass is 10.2. The van der Waals surface area contributed by atoms with Gasteiger partial charge in [-0.1, -0.05) is 41.7 Å². The van der Waals surface area contributed by atoms with Crippen LogP contribution in [0, 0.1) is 10.1 Å². The number of thiophene rings is 1. The van der Waals surface area contributed by atoms with E-state index in [4.69, 9.17) is 4.74 Å². The zero-order chi connectivity index (χ0) is 19.4. The summed E-state index contributed by atoms with van der Waals surface area (Å²) >= 11 is 0.877. The average Bonchev–Trinajstić information content (AvgIpc) is 3.06. The monoisotopic (exact) mass is 411 g/mol. The van der Waals surface area contributed by atoms with E-state index in [0.29, 0.717) is 19.7 Å². The number of rotatable bonds is 7. The summed E-state index contributed by atoms with van der Waals surface area (Å²) < 4.78 is 29.1. The number of nitrogens with zero attached hydrogens (tertiary/aromatic N) is 2. The van der Waals surface area contributed by atoms with E-state index in [1.165, 1.54) is 5.56 Å². The van der Waals surface area contributed by atoms with Crippen molar-refractivity contribution < 1.29 is 18.1 Å². The van der Waals surface area contributed by atoms with E-state index in [9.17, 15) is 18.5 Å². The van der Waals surface area contributed by atoms with E-state index in [1.807, 2.05) is 18.2 Å². The van der Waals surface area contributed by atoms with Crippen LogP contribution in [0.4, 0.5) is 10.7 Å². The highest BCUT2D eigenvalue weighted by Crippen LogP contribution is 2.37. The lowest BCUT2D eigenvalue weighted by Crippen LogP contribution is -2.44. The molecule has 2 heterocycles. The van der Waals surface area contributed by atoms with E-state index >= 15 is 0 Å². The fourth-order valence-corrected chi connectivity index (χ4v) is 4.85. The molecule has 146 valence electrons. The molecule has 0 saturated carbocycles. The maximum absolute atomic E-state index is 11.7. The summed E-state index contributed by atoms with van der Waals surface area (Å²) in [5, 5.41) is 14.4. The molecule has 1 aromatic carbocycles. The lowest BCUT2D eigenvalue weighted by Gasteiger charge is -2.33. The van der Waals surface area contributed by atoms with Gasteiger partial charge >= 0.3 is 5.69 Å². The summed E-state index contributed by atoms with van der Waals surface area (Å²) in [5.74, 6) is 0. The number of benzene rings is 1. The van der Waals surface area contributed by atoms with Crippen LogP contribution in [-0.2, 0) is 21.1 Å². The molecule has 1 fully saturated rings. The van der Waals surface area contributed by atoms with Crippen LogP contribution < -0.4 is 5.32 Å². The number of nitrogens with one attached hydrogen (secondary N) is 1. The van der Waals surface area contributed by atoms with Crippen molar-refractivity contribution in [3.05, 3.63) is 52.1 Å². The van der Waals surface area contributed by atoms with Crippen LogP contribution in [0.1, 0.15) is 5.56 Å². The van der Waals surface area contributed by atoms with E-state index in [0.717, 1.165) is 36.7 Å². The Kier molecular flexibility index (Phi) is 6.10. The Hall–Kier alpha value is -2.01. The zero-order valence-corrected chi connectivity index (χ0v) is 16.5. The van der Waals surface area contributed by atoms with Gasteiger partial charge in [0.15, 0.2) is 14.8 Å². The highest BCUT2D eigenvalue weighted by atomic mass is 32.2. The molecule has 0 spiro atoms. The van der Waals surface area contributed by atoms with E-state index in [-0.39, 0.29) is 21.0 Å². The summed E-state index contributed by atoms with van der Waals surface area (Å²) in [7, 11) is -3.49. The maximum Gasteiger partial charge on any atom is 0.304 e. The maximum atomic E-state index is 11.7. The van der Waals surface area contributed by atoms with Crippen molar-refractivity contribution in [2.24, 2.45) is 0 Å². The molecule has 3 rings (SSSR count). The topological polar surface area (TPSA) is 102 Å². The number of hydrogen-bond donors (Lipinski definition) is 1. The quantitative estimate of drug-likeness (QED) is 0.551. The smallest absolute Gasteiger partial charge is 0.304 e. The van der Waals surface area contributed by atoms with Crippen LogP contribution in [0.3, 0.4) is 0 Å². The van der Waals surface area contributed by atoms with Crippen LogP contribution in [-0.4, -0.2) is 56.8 Å². The Morgan fingerprint density at radius 2 is 2.11 bits per heavy atom. The molecule has 1 saturated heterocycles. The molecular formula is C17H21N3O5S2. The standard InChI is InChI=1S/C17H21N3O5S2/c1-27(23,24)16-9-15(20(21)22)17(26-16)18-10-14-12-19(7-8-25-14)11-13-5-3-2-4-6-13/h2-6,9,14,18H,7-8,10-12H2,1H3. The molecule has 0 radical (unpaired) electrons. The molecule has 27 heavy (non-hydrogen) atoms. The summed E-state index contributed by atoms with van der Waals surface area (Å²) in [6.07, 6.45) is 0.906. The number of hydrogen-bond acceptors (Lipinski definition) is 8. The normalized spacial score (nSPS) is 18.3. The fraction of sp³-hybridized carbons (Fsp3) is 0.412. The Labute approximate surface area is 161 Å². The number of morpholine rings is 1. The van der Waals surface area contributed by atoms with Crippen LogP contribution in [0.2, 0.25) is 0 Å². The molecule has 0 bridgehead atoms. The molecule has 2 aromatic rings. The molecule has 1 aromatic heterocycles. The van der Waals surface area contributed by atoms with Crippen LogP contribution >= 0.6 is 11.3 Å². The third-order valence-electron chi connectivity index (χ3n) is 4.21. The number of anilines is 1. The van der Waals surface area contributed by atoms with E-state index in [1.54, 1.807) is 0 Å². The van der Waals surface area contributed by atoms with Crippen molar-refractivity contribution in [2.45, 2.75) is 16.9 Å². The van der Waals surface area contributed by atoms with Gasteiger partial charge in [-0.15, -0.1) is 0 Å². The molecule has 1 aliphatic rings. The summed E-state index contributed by atoms with van der Waals surface area (Å²) in [6.45, 7) is 3.29. The molecule has 1 atom stereocenters. The summed E-state index contributed by atoms with van der Waals surface area (Å²) in [4.78, 5) is 12.9. The molecule has 0 aliphatic carbocycles. The van der Waals surface area contributed by atoms with Crippen LogP contribution in [0.15, 0.2) is 40.6 Å². The molecule has 10 heteroatoms. The van der Waals surface area contributed by atoms with Crippen molar-refractivity contribution in [1.82, 2.24) is 4.90 Å². The second-order valence-electron chi connectivity index (χ2n) is 6.40. The van der Waals surface area contributed by atoms with Gasteiger partial charge in [0.05, 0.1) is 17.6 Å². The SMILES string of the molecule is CS(=O)(=O)c1cc([N+](=O)[O-])c(NCC2CN(Cc3ccccc3)CCO2)s1. The second kappa shape index (κ2) is 8.34. The highest BCUT2D eigenvalue weighted by Gasteiger charge is 2.26. The Bertz CT molecular complexity index is 899. The summed E-state index contributed by atoms with van der Waals surface area (Å²) in [5.41, 5.74) is 0.996. The van der Waals surface area contributed by atoms with Gasteiger partial charge in [0.1, 0.15) is 4.21 Å². The minimum atomic E-state index is -3.49. The second-order valence-corrected chi connectivity index (χ2v) is 9.70. The molecule has 1 N–H and O–H groups in total. The third-order valence-corrected chi connectivity index (χ3v) is 7.10. The Balaban J connectivity index is 1.62. The minimum Gasteiger partial charge on any atom is -0.374 e. The predicted octanol–water partition coefficient (Wildman–Crippen LogP) is 2.37. The van der Waals surface area contributed by atoms with Gasteiger partial charge in [-0.2, -0.15) is 0 Å². The zero-order valence-electron chi connectivity index (χ0n) is 14.8. The van der Waals surface area contributed by atoms with E-state index in [2.05, 4.69) is 22.3 Å². The molecule has 1 unspecified atom stereocenters. The van der Waals surface area contributed by atoms with Crippen molar-refractivity contribution >= 4 is 31.9 Å². The number of ether oxygens (including phenoxy) is 1. The van der Waals surface area contributed by atoms with Gasteiger partial charge in [0, 0.05) is 38.5 Å². The first-order chi connectivity index (χ1) is 12.8. The van der Waals surface area contributed by atoms with Crippen LogP contribution in [0.25, 0.3) is 0 Å². The predicted molar refractivity (Wildman–Crippen MR) is 104 cm³/mol. The first kappa shape index (κ1) is 19.7. The molecular weight excluding hydrogens is 390 g/mol. The third kappa shape index (κ3) is 5.25. The average molecular weight is 412 g/mol. The van der Waals surface area contributed by atoms with Crippen molar-refractivity contribution in [3.63, 3.8) is 0 Å². The molecule has 0 amide bonds. The highest BCUT2D eigenvalue weighted by molar-refractivity contribution is 7.92. The Morgan fingerprint density at radius 3 is 2.78 bits per heavy atom. The Morgan fingerprint density at radius 1 is 1.37 bits per heavy atom. The minimum absolute atomic E-state index is 0.0213. The van der Waals surface area contributed by atoms with Gasteiger partial charge in [0.25, 0.3) is 0 Å².